The van der Waals surface area contributed by atoms with Gasteiger partial charge in [0.25, 0.3) is 0 Å². The summed E-state index contributed by atoms with van der Waals surface area (Å²) in [5.41, 5.74) is 14.6. The zero-order valence-electron chi connectivity index (χ0n) is 10.6. The molecule has 0 atom stereocenters. The molecule has 0 saturated heterocycles. The SMILES string of the molecule is Nc1cc(-c2cccnc2-c2cnccn2)cc(N)n1. The van der Waals surface area contributed by atoms with Crippen LogP contribution in [0.3, 0.4) is 0 Å². The minimum Gasteiger partial charge on any atom is -0.384 e. The molecule has 0 unspecified atom stereocenters. The number of aromatic nitrogens is 4. The Morgan fingerprint density at radius 2 is 1.70 bits per heavy atom. The van der Waals surface area contributed by atoms with E-state index in [0.717, 1.165) is 16.8 Å². The maximum absolute atomic E-state index is 5.75. The highest BCUT2D eigenvalue weighted by atomic mass is 14.9. The minimum atomic E-state index is 0.369. The molecule has 0 saturated carbocycles. The molecule has 0 radical (unpaired) electrons. The second kappa shape index (κ2) is 4.93. The first-order valence-corrected chi connectivity index (χ1v) is 5.99. The monoisotopic (exact) mass is 264 g/mol. The van der Waals surface area contributed by atoms with Crippen molar-refractivity contribution in [3.63, 3.8) is 0 Å². The van der Waals surface area contributed by atoms with Gasteiger partial charge in [-0.25, -0.2) is 4.98 Å². The first-order chi connectivity index (χ1) is 9.74. The fourth-order valence-electron chi connectivity index (χ4n) is 1.99. The van der Waals surface area contributed by atoms with Gasteiger partial charge in [-0.05, 0) is 23.8 Å². The molecule has 0 aliphatic heterocycles. The van der Waals surface area contributed by atoms with E-state index >= 15 is 0 Å². The van der Waals surface area contributed by atoms with E-state index in [1.807, 2.05) is 12.1 Å². The summed E-state index contributed by atoms with van der Waals surface area (Å²) in [6, 6.07) is 7.30. The molecule has 6 nitrogen and oxygen atoms in total. The topological polar surface area (TPSA) is 104 Å². The van der Waals surface area contributed by atoms with Crippen LogP contribution in [0.1, 0.15) is 0 Å². The van der Waals surface area contributed by atoms with E-state index in [1.54, 1.807) is 36.9 Å². The Morgan fingerprint density at radius 3 is 2.40 bits per heavy atom. The molecular weight excluding hydrogens is 252 g/mol. The lowest BCUT2D eigenvalue weighted by Gasteiger charge is -2.09. The van der Waals surface area contributed by atoms with Crippen LogP contribution in [-0.4, -0.2) is 19.9 Å². The van der Waals surface area contributed by atoms with Crippen LogP contribution in [0.25, 0.3) is 22.5 Å². The molecule has 0 spiro atoms. The molecule has 3 aromatic rings. The van der Waals surface area contributed by atoms with E-state index in [-0.39, 0.29) is 0 Å². The van der Waals surface area contributed by atoms with Crippen molar-refractivity contribution in [3.8, 4) is 22.5 Å². The quantitative estimate of drug-likeness (QED) is 0.731. The highest BCUT2D eigenvalue weighted by Gasteiger charge is 2.11. The van der Waals surface area contributed by atoms with Gasteiger partial charge in [0.2, 0.25) is 0 Å². The average Bonchev–Trinajstić information content (AvgIpc) is 2.47. The molecule has 6 heteroatoms. The van der Waals surface area contributed by atoms with Crippen LogP contribution in [0, 0.1) is 0 Å². The van der Waals surface area contributed by atoms with Crippen LogP contribution < -0.4 is 11.5 Å². The summed E-state index contributed by atoms with van der Waals surface area (Å²) in [7, 11) is 0. The van der Waals surface area contributed by atoms with E-state index in [4.69, 9.17) is 11.5 Å². The normalized spacial score (nSPS) is 10.4. The average molecular weight is 264 g/mol. The van der Waals surface area contributed by atoms with E-state index < -0.39 is 0 Å². The largest absolute Gasteiger partial charge is 0.384 e. The molecular formula is C14H12N6. The minimum absolute atomic E-state index is 0.369. The van der Waals surface area contributed by atoms with Gasteiger partial charge in [0.05, 0.1) is 11.9 Å². The molecule has 0 bridgehead atoms. The summed E-state index contributed by atoms with van der Waals surface area (Å²) in [4.78, 5) is 16.7. The summed E-state index contributed by atoms with van der Waals surface area (Å²) < 4.78 is 0. The van der Waals surface area contributed by atoms with Crippen molar-refractivity contribution < 1.29 is 0 Å². The van der Waals surface area contributed by atoms with Crippen LogP contribution in [0.2, 0.25) is 0 Å². The molecule has 20 heavy (non-hydrogen) atoms. The number of nitrogens with two attached hydrogens (primary N) is 2. The van der Waals surface area contributed by atoms with Crippen LogP contribution in [-0.2, 0) is 0 Å². The lowest BCUT2D eigenvalue weighted by atomic mass is 10.0. The molecule has 0 aliphatic carbocycles. The third-order valence-electron chi connectivity index (χ3n) is 2.79. The maximum atomic E-state index is 5.75. The molecule has 3 heterocycles. The Bertz CT molecular complexity index is 721. The Labute approximate surface area is 115 Å². The fraction of sp³-hybridized carbons (Fsp3) is 0. The molecule has 3 rings (SSSR count). The van der Waals surface area contributed by atoms with Gasteiger partial charge in [-0.2, -0.15) is 0 Å². The van der Waals surface area contributed by atoms with Crippen LogP contribution in [0.4, 0.5) is 11.6 Å². The predicted molar refractivity (Wildman–Crippen MR) is 77.3 cm³/mol. The zero-order valence-corrected chi connectivity index (χ0v) is 10.6. The van der Waals surface area contributed by atoms with Crippen molar-refractivity contribution in [2.75, 3.05) is 11.5 Å². The van der Waals surface area contributed by atoms with Crippen molar-refractivity contribution in [3.05, 3.63) is 49.1 Å². The van der Waals surface area contributed by atoms with Gasteiger partial charge >= 0.3 is 0 Å². The van der Waals surface area contributed by atoms with Crippen molar-refractivity contribution in [1.29, 1.82) is 0 Å². The predicted octanol–water partition coefficient (Wildman–Crippen LogP) is 1.77. The summed E-state index contributed by atoms with van der Waals surface area (Å²) in [5, 5.41) is 0. The van der Waals surface area contributed by atoms with Gasteiger partial charge in [0.15, 0.2) is 0 Å². The van der Waals surface area contributed by atoms with Crippen molar-refractivity contribution in [2.24, 2.45) is 0 Å². The Hall–Kier alpha value is -3.02. The Morgan fingerprint density at radius 1 is 0.900 bits per heavy atom. The van der Waals surface area contributed by atoms with Gasteiger partial charge in [-0.3, -0.25) is 15.0 Å². The molecule has 0 aliphatic rings. The highest BCUT2D eigenvalue weighted by Crippen LogP contribution is 2.30. The van der Waals surface area contributed by atoms with Gasteiger partial charge < -0.3 is 11.5 Å². The van der Waals surface area contributed by atoms with Crippen molar-refractivity contribution >= 4 is 11.6 Å². The van der Waals surface area contributed by atoms with Crippen LogP contribution >= 0.6 is 0 Å². The summed E-state index contributed by atoms with van der Waals surface area (Å²) in [6.45, 7) is 0. The molecule has 0 aromatic carbocycles. The second-order valence-electron chi connectivity index (χ2n) is 4.20. The maximum Gasteiger partial charge on any atom is 0.126 e. The Kier molecular flexibility index (Phi) is 2.96. The summed E-state index contributed by atoms with van der Waals surface area (Å²) in [6.07, 6.45) is 6.62. The van der Waals surface area contributed by atoms with Gasteiger partial charge in [-0.15, -0.1) is 0 Å². The van der Waals surface area contributed by atoms with E-state index in [2.05, 4.69) is 19.9 Å². The van der Waals surface area contributed by atoms with Gasteiger partial charge in [-0.1, -0.05) is 6.07 Å². The molecule has 4 N–H and O–H groups in total. The number of anilines is 2. The van der Waals surface area contributed by atoms with Crippen molar-refractivity contribution in [2.45, 2.75) is 0 Å². The molecule has 3 aromatic heterocycles. The lowest BCUT2D eigenvalue weighted by molar-refractivity contribution is 1.18. The van der Waals surface area contributed by atoms with Crippen molar-refractivity contribution in [1.82, 2.24) is 19.9 Å². The number of rotatable bonds is 2. The van der Waals surface area contributed by atoms with Crippen LogP contribution in [0.5, 0.6) is 0 Å². The number of pyridine rings is 2. The summed E-state index contributed by atoms with van der Waals surface area (Å²) >= 11 is 0. The summed E-state index contributed by atoms with van der Waals surface area (Å²) in [5.74, 6) is 0.739. The smallest absolute Gasteiger partial charge is 0.126 e. The van der Waals surface area contributed by atoms with Gasteiger partial charge in [0.1, 0.15) is 17.3 Å². The number of nitrogen functional groups attached to an aromatic ring is 2. The van der Waals surface area contributed by atoms with E-state index in [1.165, 1.54) is 0 Å². The van der Waals surface area contributed by atoms with E-state index in [0.29, 0.717) is 17.3 Å². The number of hydrogen-bond acceptors (Lipinski definition) is 6. The molecule has 0 fully saturated rings. The third-order valence-corrected chi connectivity index (χ3v) is 2.79. The van der Waals surface area contributed by atoms with E-state index in [9.17, 15) is 0 Å². The highest BCUT2D eigenvalue weighted by molar-refractivity contribution is 5.80. The standard InChI is InChI=1S/C14H12N6/c15-12-6-9(7-13(16)20-12)10-2-1-3-19-14(10)11-8-17-4-5-18-11/h1-8H,(H4,15,16,20). The number of nitrogens with zero attached hydrogens (tertiary/aromatic N) is 4. The lowest BCUT2D eigenvalue weighted by Crippen LogP contribution is -1.98. The fourth-order valence-corrected chi connectivity index (χ4v) is 1.99. The molecule has 98 valence electrons. The first kappa shape index (κ1) is 12.0. The third kappa shape index (κ3) is 2.26. The first-order valence-electron chi connectivity index (χ1n) is 5.99. The van der Waals surface area contributed by atoms with Crippen LogP contribution in [0.15, 0.2) is 49.1 Å². The zero-order chi connectivity index (χ0) is 13.9. The molecule has 0 amide bonds. The number of hydrogen-bond donors (Lipinski definition) is 2. The second-order valence-corrected chi connectivity index (χ2v) is 4.20. The van der Waals surface area contributed by atoms with Gasteiger partial charge in [0, 0.05) is 24.2 Å². The Balaban J connectivity index is 2.20.